The molecule has 0 aliphatic heterocycles. The van der Waals surface area contributed by atoms with Gasteiger partial charge in [-0.15, -0.1) is 0 Å². The van der Waals surface area contributed by atoms with Gasteiger partial charge in [-0.1, -0.05) is 18.2 Å². The van der Waals surface area contributed by atoms with E-state index in [2.05, 4.69) is 22.6 Å². The third-order valence-corrected chi connectivity index (χ3v) is 3.39. The lowest BCUT2D eigenvalue weighted by Gasteiger charge is -2.13. The van der Waals surface area contributed by atoms with E-state index < -0.39 is 17.7 Å². The van der Waals surface area contributed by atoms with Crippen molar-refractivity contribution in [3.8, 4) is 0 Å². The highest BCUT2D eigenvalue weighted by atomic mass is 127. The molecule has 1 unspecified atom stereocenters. The van der Waals surface area contributed by atoms with Gasteiger partial charge in [-0.2, -0.15) is 0 Å². The largest absolute Gasteiger partial charge is 0.388 e. The first kappa shape index (κ1) is 13.4. The SMILES string of the molecule is OC(Cc1ccc(I)cc1)c1c(F)cccc1F. The number of halogens is 3. The van der Waals surface area contributed by atoms with E-state index in [4.69, 9.17) is 0 Å². The van der Waals surface area contributed by atoms with Crippen LogP contribution in [-0.2, 0) is 6.42 Å². The number of benzene rings is 2. The third kappa shape index (κ3) is 3.05. The molecule has 0 aromatic heterocycles. The molecule has 2 rings (SSSR count). The van der Waals surface area contributed by atoms with E-state index in [0.717, 1.165) is 21.3 Å². The molecule has 4 heteroatoms. The summed E-state index contributed by atoms with van der Waals surface area (Å²) >= 11 is 2.17. The average Bonchev–Trinajstić information content (AvgIpc) is 2.32. The Hall–Kier alpha value is -1.01. The van der Waals surface area contributed by atoms with E-state index in [0.29, 0.717) is 0 Å². The highest BCUT2D eigenvalue weighted by Gasteiger charge is 2.17. The zero-order chi connectivity index (χ0) is 13.1. The minimum absolute atomic E-state index is 0.189. The molecule has 0 heterocycles. The molecule has 18 heavy (non-hydrogen) atoms. The zero-order valence-corrected chi connectivity index (χ0v) is 11.6. The van der Waals surface area contributed by atoms with Crippen LogP contribution in [0.15, 0.2) is 42.5 Å². The molecule has 1 atom stereocenters. The Kier molecular flexibility index (Phi) is 4.29. The van der Waals surface area contributed by atoms with Gasteiger partial charge >= 0.3 is 0 Å². The quantitative estimate of drug-likeness (QED) is 0.825. The van der Waals surface area contributed by atoms with Gasteiger partial charge < -0.3 is 5.11 Å². The second kappa shape index (κ2) is 5.75. The molecule has 0 spiro atoms. The Morgan fingerprint density at radius 3 is 2.11 bits per heavy atom. The lowest BCUT2D eigenvalue weighted by molar-refractivity contribution is 0.168. The Balaban J connectivity index is 2.22. The molecular formula is C14H11F2IO. The van der Waals surface area contributed by atoms with Crippen LogP contribution in [0, 0.1) is 15.2 Å². The van der Waals surface area contributed by atoms with Crippen molar-refractivity contribution in [1.29, 1.82) is 0 Å². The van der Waals surface area contributed by atoms with Crippen molar-refractivity contribution in [3.05, 3.63) is 68.8 Å². The Morgan fingerprint density at radius 2 is 1.56 bits per heavy atom. The van der Waals surface area contributed by atoms with Gasteiger partial charge in [-0.05, 0) is 52.4 Å². The number of rotatable bonds is 3. The van der Waals surface area contributed by atoms with Crippen molar-refractivity contribution >= 4 is 22.6 Å². The van der Waals surface area contributed by atoms with E-state index in [-0.39, 0.29) is 12.0 Å². The minimum Gasteiger partial charge on any atom is -0.388 e. The van der Waals surface area contributed by atoms with Crippen molar-refractivity contribution in [2.75, 3.05) is 0 Å². The van der Waals surface area contributed by atoms with Gasteiger partial charge in [0.2, 0.25) is 0 Å². The van der Waals surface area contributed by atoms with Gasteiger partial charge in [-0.3, -0.25) is 0 Å². The fraction of sp³-hybridized carbons (Fsp3) is 0.143. The lowest BCUT2D eigenvalue weighted by Crippen LogP contribution is -2.07. The number of aliphatic hydroxyl groups is 1. The standard InChI is InChI=1S/C14H11F2IO/c15-11-2-1-3-12(16)14(11)13(18)8-9-4-6-10(17)7-5-9/h1-7,13,18H,8H2. The third-order valence-electron chi connectivity index (χ3n) is 2.68. The highest BCUT2D eigenvalue weighted by molar-refractivity contribution is 14.1. The maximum absolute atomic E-state index is 13.5. The van der Waals surface area contributed by atoms with Crippen molar-refractivity contribution in [3.63, 3.8) is 0 Å². The predicted octanol–water partition coefficient (Wildman–Crippen LogP) is 3.85. The van der Waals surface area contributed by atoms with E-state index in [9.17, 15) is 13.9 Å². The van der Waals surface area contributed by atoms with Gasteiger partial charge in [0, 0.05) is 9.99 Å². The van der Waals surface area contributed by atoms with Gasteiger partial charge in [0.1, 0.15) is 11.6 Å². The van der Waals surface area contributed by atoms with Crippen LogP contribution in [0.1, 0.15) is 17.2 Å². The Labute approximate surface area is 118 Å². The fourth-order valence-corrected chi connectivity index (χ4v) is 2.13. The molecule has 0 radical (unpaired) electrons. The minimum atomic E-state index is -1.17. The second-order valence-electron chi connectivity index (χ2n) is 3.98. The number of hydrogen-bond donors (Lipinski definition) is 1. The summed E-state index contributed by atoms with van der Waals surface area (Å²) < 4.78 is 28.0. The van der Waals surface area contributed by atoms with Gasteiger partial charge in [0.15, 0.2) is 0 Å². The van der Waals surface area contributed by atoms with Crippen LogP contribution in [0.2, 0.25) is 0 Å². The molecule has 0 saturated carbocycles. The maximum atomic E-state index is 13.5. The van der Waals surface area contributed by atoms with Crippen LogP contribution >= 0.6 is 22.6 Å². The van der Waals surface area contributed by atoms with Crippen molar-refractivity contribution in [1.82, 2.24) is 0 Å². The van der Waals surface area contributed by atoms with Crippen molar-refractivity contribution in [2.45, 2.75) is 12.5 Å². The van der Waals surface area contributed by atoms with Crippen LogP contribution in [0.4, 0.5) is 8.78 Å². The van der Waals surface area contributed by atoms with E-state index in [1.165, 1.54) is 6.07 Å². The maximum Gasteiger partial charge on any atom is 0.131 e. The molecular weight excluding hydrogens is 349 g/mol. The lowest BCUT2D eigenvalue weighted by atomic mass is 10.0. The summed E-state index contributed by atoms with van der Waals surface area (Å²) in [6.07, 6.45) is -0.985. The van der Waals surface area contributed by atoms with Crippen LogP contribution in [0.5, 0.6) is 0 Å². The molecule has 0 saturated heterocycles. The molecule has 0 aliphatic rings. The zero-order valence-electron chi connectivity index (χ0n) is 9.41. The molecule has 0 fully saturated rings. The highest BCUT2D eigenvalue weighted by Crippen LogP contribution is 2.24. The smallest absolute Gasteiger partial charge is 0.131 e. The fourth-order valence-electron chi connectivity index (χ4n) is 1.77. The van der Waals surface area contributed by atoms with E-state index in [1.807, 2.05) is 24.3 Å². The van der Waals surface area contributed by atoms with Gasteiger partial charge in [-0.25, -0.2) is 8.78 Å². The Bertz CT molecular complexity index is 520. The molecule has 2 aromatic carbocycles. The van der Waals surface area contributed by atoms with Gasteiger partial charge in [0.05, 0.1) is 11.7 Å². The summed E-state index contributed by atoms with van der Waals surface area (Å²) in [6.45, 7) is 0. The molecule has 0 bridgehead atoms. The van der Waals surface area contributed by atoms with Crippen molar-refractivity contribution < 1.29 is 13.9 Å². The normalized spacial score (nSPS) is 12.4. The molecule has 0 amide bonds. The van der Waals surface area contributed by atoms with Crippen LogP contribution < -0.4 is 0 Å². The summed E-state index contributed by atoms with van der Waals surface area (Å²) in [5.41, 5.74) is 0.571. The summed E-state index contributed by atoms with van der Waals surface area (Å²) in [5, 5.41) is 9.92. The van der Waals surface area contributed by atoms with Crippen LogP contribution in [0.25, 0.3) is 0 Å². The summed E-state index contributed by atoms with van der Waals surface area (Å²) in [5.74, 6) is -1.43. The molecule has 94 valence electrons. The molecule has 1 nitrogen and oxygen atoms in total. The monoisotopic (exact) mass is 360 g/mol. The van der Waals surface area contributed by atoms with Crippen LogP contribution in [0.3, 0.4) is 0 Å². The second-order valence-corrected chi connectivity index (χ2v) is 5.23. The van der Waals surface area contributed by atoms with E-state index in [1.54, 1.807) is 0 Å². The van der Waals surface area contributed by atoms with Crippen molar-refractivity contribution in [2.24, 2.45) is 0 Å². The van der Waals surface area contributed by atoms with E-state index >= 15 is 0 Å². The molecule has 2 aromatic rings. The number of hydrogen-bond acceptors (Lipinski definition) is 1. The van der Waals surface area contributed by atoms with Crippen LogP contribution in [-0.4, -0.2) is 5.11 Å². The average molecular weight is 360 g/mol. The molecule has 1 N–H and O–H groups in total. The topological polar surface area (TPSA) is 20.2 Å². The van der Waals surface area contributed by atoms with Gasteiger partial charge in [0.25, 0.3) is 0 Å². The number of aliphatic hydroxyl groups excluding tert-OH is 1. The summed E-state index contributed by atoms with van der Waals surface area (Å²) in [4.78, 5) is 0. The first-order valence-electron chi connectivity index (χ1n) is 5.44. The first-order valence-corrected chi connectivity index (χ1v) is 6.52. The predicted molar refractivity (Wildman–Crippen MR) is 74.2 cm³/mol. The summed E-state index contributed by atoms with van der Waals surface area (Å²) in [7, 11) is 0. The molecule has 0 aliphatic carbocycles. The first-order chi connectivity index (χ1) is 8.58. The summed E-state index contributed by atoms with van der Waals surface area (Å²) in [6, 6.07) is 11.0. The Morgan fingerprint density at radius 1 is 1.00 bits per heavy atom.